The molecular formula is C9H6FN3O2. The zero-order chi connectivity index (χ0) is 10.8. The van der Waals surface area contributed by atoms with Crippen molar-refractivity contribution in [1.29, 1.82) is 0 Å². The number of carboxylic acid groups (broad SMARTS) is 1. The van der Waals surface area contributed by atoms with Gasteiger partial charge in [0.2, 0.25) is 0 Å². The molecule has 0 aliphatic carbocycles. The summed E-state index contributed by atoms with van der Waals surface area (Å²) in [5.74, 6) is -2.26. The zero-order valence-corrected chi connectivity index (χ0v) is 7.44. The van der Waals surface area contributed by atoms with Gasteiger partial charge in [-0.05, 0) is 12.1 Å². The number of fused-ring (bicyclic) bond motifs is 1. The van der Waals surface area contributed by atoms with Crippen molar-refractivity contribution in [1.82, 2.24) is 15.2 Å². The lowest BCUT2D eigenvalue weighted by Crippen LogP contribution is -1.89. The number of aromatic nitrogens is 3. The maximum Gasteiger partial charge on any atom is 0.331 e. The van der Waals surface area contributed by atoms with Crippen molar-refractivity contribution in [2.75, 3.05) is 0 Å². The average Bonchev–Trinajstić information content (AvgIpc) is 2.59. The molecule has 2 heterocycles. The number of carboxylic acids is 1. The van der Waals surface area contributed by atoms with Crippen molar-refractivity contribution in [2.45, 2.75) is 0 Å². The highest BCUT2D eigenvalue weighted by Gasteiger charge is 2.11. The van der Waals surface area contributed by atoms with Crippen LogP contribution in [0.25, 0.3) is 16.9 Å². The molecule has 2 aromatic rings. The molecule has 0 fully saturated rings. The Bertz CT molecular complexity index is 547. The SMILES string of the molecule is O=C(O)/C=C(\F)c1n[nH]c2ncccc12. The Hall–Kier alpha value is -2.24. The molecule has 0 saturated heterocycles. The summed E-state index contributed by atoms with van der Waals surface area (Å²) in [6, 6.07) is 3.23. The van der Waals surface area contributed by atoms with Crippen molar-refractivity contribution in [3.05, 3.63) is 30.1 Å². The fourth-order valence-corrected chi connectivity index (χ4v) is 1.21. The Balaban J connectivity index is 2.57. The van der Waals surface area contributed by atoms with E-state index < -0.39 is 11.8 Å². The fourth-order valence-electron chi connectivity index (χ4n) is 1.21. The third kappa shape index (κ3) is 1.69. The van der Waals surface area contributed by atoms with E-state index in [2.05, 4.69) is 15.2 Å². The molecule has 2 aromatic heterocycles. The summed E-state index contributed by atoms with van der Waals surface area (Å²) in [6.07, 6.45) is 1.99. The lowest BCUT2D eigenvalue weighted by atomic mass is 10.2. The number of carbonyl (C=O) groups is 1. The van der Waals surface area contributed by atoms with Crippen LogP contribution in [0, 0.1) is 0 Å². The molecule has 0 radical (unpaired) electrons. The van der Waals surface area contributed by atoms with Crippen LogP contribution in [0.15, 0.2) is 24.4 Å². The smallest absolute Gasteiger partial charge is 0.331 e. The van der Waals surface area contributed by atoms with E-state index >= 15 is 0 Å². The molecular weight excluding hydrogens is 201 g/mol. The molecule has 76 valence electrons. The van der Waals surface area contributed by atoms with E-state index in [9.17, 15) is 9.18 Å². The van der Waals surface area contributed by atoms with Crippen molar-refractivity contribution >= 4 is 22.8 Å². The topological polar surface area (TPSA) is 78.9 Å². The van der Waals surface area contributed by atoms with Crippen LogP contribution in [-0.4, -0.2) is 26.3 Å². The van der Waals surface area contributed by atoms with Gasteiger partial charge in [0, 0.05) is 11.6 Å². The van der Waals surface area contributed by atoms with Crippen molar-refractivity contribution in [2.24, 2.45) is 0 Å². The second-order valence-corrected chi connectivity index (χ2v) is 2.80. The second kappa shape index (κ2) is 3.49. The third-order valence-electron chi connectivity index (χ3n) is 1.81. The van der Waals surface area contributed by atoms with Gasteiger partial charge in [-0.3, -0.25) is 5.10 Å². The molecule has 0 saturated carbocycles. The van der Waals surface area contributed by atoms with Crippen molar-refractivity contribution < 1.29 is 14.3 Å². The van der Waals surface area contributed by atoms with E-state index in [1.54, 1.807) is 12.1 Å². The monoisotopic (exact) mass is 207 g/mol. The van der Waals surface area contributed by atoms with Gasteiger partial charge in [-0.1, -0.05) is 0 Å². The summed E-state index contributed by atoms with van der Waals surface area (Å²) in [5.41, 5.74) is 0.377. The molecule has 2 rings (SSSR count). The average molecular weight is 207 g/mol. The Morgan fingerprint density at radius 1 is 1.60 bits per heavy atom. The molecule has 0 atom stereocenters. The summed E-state index contributed by atoms with van der Waals surface area (Å²) in [6.45, 7) is 0. The molecule has 15 heavy (non-hydrogen) atoms. The van der Waals surface area contributed by atoms with Gasteiger partial charge in [0.25, 0.3) is 0 Å². The van der Waals surface area contributed by atoms with Gasteiger partial charge >= 0.3 is 5.97 Å². The number of H-pyrrole nitrogens is 1. The summed E-state index contributed by atoms with van der Waals surface area (Å²) in [7, 11) is 0. The van der Waals surface area contributed by atoms with Gasteiger partial charge in [0.1, 0.15) is 5.69 Å². The number of aromatic amines is 1. The van der Waals surface area contributed by atoms with E-state index in [0.717, 1.165) is 0 Å². The first-order valence-electron chi connectivity index (χ1n) is 4.08. The third-order valence-corrected chi connectivity index (χ3v) is 1.81. The van der Waals surface area contributed by atoms with Crippen LogP contribution >= 0.6 is 0 Å². The summed E-state index contributed by atoms with van der Waals surface area (Å²) >= 11 is 0. The number of hydrogen-bond acceptors (Lipinski definition) is 3. The number of rotatable bonds is 2. The van der Waals surface area contributed by atoms with Gasteiger partial charge in [-0.25, -0.2) is 14.2 Å². The van der Waals surface area contributed by atoms with Crippen LogP contribution in [0.5, 0.6) is 0 Å². The van der Waals surface area contributed by atoms with E-state index in [1.807, 2.05) is 0 Å². The summed E-state index contributed by atoms with van der Waals surface area (Å²) < 4.78 is 13.3. The molecule has 0 aliphatic heterocycles. The Morgan fingerprint density at radius 3 is 3.13 bits per heavy atom. The van der Waals surface area contributed by atoms with Crippen LogP contribution in [0.4, 0.5) is 4.39 Å². The van der Waals surface area contributed by atoms with Gasteiger partial charge in [0.05, 0.1) is 6.08 Å². The highest BCUT2D eigenvalue weighted by atomic mass is 19.1. The van der Waals surface area contributed by atoms with Gasteiger partial charge in [0.15, 0.2) is 11.5 Å². The summed E-state index contributed by atoms with van der Waals surface area (Å²) in [5, 5.41) is 15.0. The van der Waals surface area contributed by atoms with Gasteiger partial charge in [-0.2, -0.15) is 5.10 Å². The highest BCUT2D eigenvalue weighted by molar-refractivity contribution is 5.93. The standard InChI is InChI=1S/C9H6FN3O2/c10-6(4-7(14)15)8-5-2-1-3-11-9(5)13-12-8/h1-4H,(H,14,15)(H,11,12,13)/b6-4-. The number of nitrogens with zero attached hydrogens (tertiary/aromatic N) is 2. The Labute approximate surface area is 83.3 Å². The van der Waals surface area contributed by atoms with Crippen LogP contribution in [-0.2, 0) is 4.79 Å². The molecule has 0 aromatic carbocycles. The molecule has 0 amide bonds. The Kier molecular flexibility index (Phi) is 2.17. The number of hydrogen-bond donors (Lipinski definition) is 2. The van der Waals surface area contributed by atoms with Crippen LogP contribution < -0.4 is 0 Å². The minimum absolute atomic E-state index is 0.0412. The summed E-state index contributed by atoms with van der Waals surface area (Å²) in [4.78, 5) is 14.2. The van der Waals surface area contributed by atoms with E-state index in [4.69, 9.17) is 5.11 Å². The second-order valence-electron chi connectivity index (χ2n) is 2.80. The molecule has 0 unspecified atom stereocenters. The fraction of sp³-hybridized carbons (Fsp3) is 0. The van der Waals surface area contributed by atoms with Crippen LogP contribution in [0.1, 0.15) is 5.69 Å². The van der Waals surface area contributed by atoms with Gasteiger partial charge < -0.3 is 5.11 Å². The lowest BCUT2D eigenvalue weighted by molar-refractivity contribution is -0.131. The van der Waals surface area contributed by atoms with Crippen molar-refractivity contribution in [3.8, 4) is 0 Å². The van der Waals surface area contributed by atoms with E-state index in [-0.39, 0.29) is 5.69 Å². The number of pyridine rings is 1. The first-order chi connectivity index (χ1) is 7.18. The van der Waals surface area contributed by atoms with Crippen LogP contribution in [0.3, 0.4) is 0 Å². The largest absolute Gasteiger partial charge is 0.478 e. The quantitative estimate of drug-likeness (QED) is 0.728. The van der Waals surface area contributed by atoms with E-state index in [1.165, 1.54) is 6.20 Å². The minimum atomic E-state index is -1.35. The maximum absolute atomic E-state index is 13.3. The Morgan fingerprint density at radius 2 is 2.40 bits per heavy atom. The first-order valence-corrected chi connectivity index (χ1v) is 4.08. The van der Waals surface area contributed by atoms with E-state index in [0.29, 0.717) is 17.1 Å². The highest BCUT2D eigenvalue weighted by Crippen LogP contribution is 2.21. The molecule has 6 heteroatoms. The maximum atomic E-state index is 13.3. The van der Waals surface area contributed by atoms with Gasteiger partial charge in [-0.15, -0.1) is 0 Å². The predicted molar refractivity (Wildman–Crippen MR) is 50.6 cm³/mol. The zero-order valence-electron chi connectivity index (χ0n) is 7.44. The number of aliphatic carboxylic acids is 1. The predicted octanol–water partition coefficient (Wildman–Crippen LogP) is 1.35. The minimum Gasteiger partial charge on any atom is -0.478 e. The molecule has 0 bridgehead atoms. The molecule has 0 spiro atoms. The number of nitrogens with one attached hydrogen (secondary N) is 1. The van der Waals surface area contributed by atoms with Crippen molar-refractivity contribution in [3.63, 3.8) is 0 Å². The van der Waals surface area contributed by atoms with Crippen LogP contribution in [0.2, 0.25) is 0 Å². The molecule has 2 N–H and O–H groups in total. The molecule has 0 aliphatic rings. The first kappa shape index (κ1) is 9.32. The normalized spacial score (nSPS) is 11.9. The molecule has 5 nitrogen and oxygen atoms in total. The number of halogens is 1. The lowest BCUT2D eigenvalue weighted by Gasteiger charge is -1.91.